The normalized spacial score (nSPS) is 11.9. The fraction of sp³-hybridized carbons (Fsp3) is 0.500. The van der Waals surface area contributed by atoms with E-state index >= 15 is 0 Å². The van der Waals surface area contributed by atoms with Gasteiger partial charge in [-0.25, -0.2) is 0 Å². The van der Waals surface area contributed by atoms with Crippen LogP contribution in [0.15, 0.2) is 29.3 Å². The molecule has 3 N–H and O–H groups in total. The summed E-state index contributed by atoms with van der Waals surface area (Å²) in [5.41, 5.74) is 8.45. The zero-order valence-electron chi connectivity index (χ0n) is 11.0. The van der Waals surface area contributed by atoms with Crippen molar-refractivity contribution in [2.24, 2.45) is 16.6 Å². The van der Waals surface area contributed by atoms with E-state index in [0.717, 1.165) is 19.5 Å². The van der Waals surface area contributed by atoms with Gasteiger partial charge >= 0.3 is 0 Å². The second-order valence-corrected chi connectivity index (χ2v) is 4.72. The summed E-state index contributed by atoms with van der Waals surface area (Å²) in [4.78, 5) is 4.26. The molecule has 17 heavy (non-hydrogen) atoms. The van der Waals surface area contributed by atoms with E-state index in [1.807, 2.05) is 0 Å². The first kappa shape index (κ1) is 13.6. The molecule has 0 heterocycles. The Morgan fingerprint density at radius 3 is 2.71 bits per heavy atom. The number of nitrogens with two attached hydrogens (primary N) is 1. The molecule has 0 atom stereocenters. The molecule has 0 spiro atoms. The van der Waals surface area contributed by atoms with Crippen LogP contribution in [-0.4, -0.2) is 19.0 Å². The number of rotatable bonds is 5. The molecule has 1 aromatic carbocycles. The highest BCUT2D eigenvalue weighted by atomic mass is 15.1. The third kappa shape index (κ3) is 5.38. The van der Waals surface area contributed by atoms with Crippen LogP contribution in [0.5, 0.6) is 0 Å². The van der Waals surface area contributed by atoms with Crippen molar-refractivity contribution in [3.8, 4) is 0 Å². The Morgan fingerprint density at radius 2 is 2.06 bits per heavy atom. The third-order valence-corrected chi connectivity index (χ3v) is 2.59. The van der Waals surface area contributed by atoms with Crippen molar-refractivity contribution in [3.05, 3.63) is 35.4 Å². The van der Waals surface area contributed by atoms with Gasteiger partial charge in [-0.1, -0.05) is 38.1 Å². The zero-order valence-corrected chi connectivity index (χ0v) is 11.0. The SMILES string of the molecule is Cc1ccccc1CCNC(N)=NCC(C)C. The monoisotopic (exact) mass is 233 g/mol. The van der Waals surface area contributed by atoms with Gasteiger partial charge in [0.05, 0.1) is 0 Å². The average Bonchev–Trinajstić information content (AvgIpc) is 2.29. The quantitative estimate of drug-likeness (QED) is 0.604. The van der Waals surface area contributed by atoms with Gasteiger partial charge in [-0.05, 0) is 30.4 Å². The molecule has 0 amide bonds. The van der Waals surface area contributed by atoms with Crippen LogP contribution < -0.4 is 11.1 Å². The summed E-state index contributed by atoms with van der Waals surface area (Å²) in [6.45, 7) is 8.00. The lowest BCUT2D eigenvalue weighted by molar-refractivity contribution is 0.661. The Morgan fingerprint density at radius 1 is 1.35 bits per heavy atom. The lowest BCUT2D eigenvalue weighted by Gasteiger charge is -2.08. The number of aliphatic imine (C=N–C) groups is 1. The molecule has 0 aromatic heterocycles. The molecule has 0 bridgehead atoms. The van der Waals surface area contributed by atoms with Gasteiger partial charge in [-0.2, -0.15) is 0 Å². The molecule has 3 nitrogen and oxygen atoms in total. The fourth-order valence-electron chi connectivity index (χ4n) is 1.55. The lowest BCUT2D eigenvalue weighted by Crippen LogP contribution is -2.33. The minimum atomic E-state index is 0.548. The molecular weight excluding hydrogens is 210 g/mol. The van der Waals surface area contributed by atoms with Gasteiger partial charge in [-0.15, -0.1) is 0 Å². The number of hydrogen-bond acceptors (Lipinski definition) is 1. The van der Waals surface area contributed by atoms with Gasteiger partial charge in [0.15, 0.2) is 5.96 Å². The van der Waals surface area contributed by atoms with Crippen LogP contribution in [0.2, 0.25) is 0 Å². The molecule has 1 aromatic rings. The van der Waals surface area contributed by atoms with Crippen LogP contribution in [-0.2, 0) is 6.42 Å². The minimum Gasteiger partial charge on any atom is -0.370 e. The second kappa shape index (κ2) is 6.94. The van der Waals surface area contributed by atoms with Crippen LogP contribution >= 0.6 is 0 Å². The van der Waals surface area contributed by atoms with Crippen molar-refractivity contribution < 1.29 is 0 Å². The van der Waals surface area contributed by atoms with E-state index in [1.165, 1.54) is 11.1 Å². The molecule has 0 unspecified atom stereocenters. The van der Waals surface area contributed by atoms with Gasteiger partial charge in [0, 0.05) is 13.1 Å². The summed E-state index contributed by atoms with van der Waals surface area (Å²) in [5.74, 6) is 1.10. The zero-order chi connectivity index (χ0) is 12.7. The Labute approximate surface area is 104 Å². The lowest BCUT2D eigenvalue weighted by atomic mass is 10.1. The van der Waals surface area contributed by atoms with Gasteiger partial charge in [0.1, 0.15) is 0 Å². The molecule has 0 radical (unpaired) electrons. The first-order valence-electron chi connectivity index (χ1n) is 6.18. The number of nitrogens with one attached hydrogen (secondary N) is 1. The first-order valence-corrected chi connectivity index (χ1v) is 6.18. The number of nitrogens with zero attached hydrogens (tertiary/aromatic N) is 1. The summed E-state index contributed by atoms with van der Waals surface area (Å²) in [5, 5.41) is 3.14. The predicted octanol–water partition coefficient (Wildman–Crippen LogP) is 2.10. The maximum Gasteiger partial charge on any atom is 0.188 e. The molecule has 0 aliphatic rings. The number of aryl methyl sites for hydroxylation is 1. The Hall–Kier alpha value is -1.51. The van der Waals surface area contributed by atoms with Crippen LogP contribution in [0.1, 0.15) is 25.0 Å². The Bertz CT molecular complexity index is 369. The summed E-state index contributed by atoms with van der Waals surface area (Å²) < 4.78 is 0. The van der Waals surface area contributed by atoms with Crippen LogP contribution in [0, 0.1) is 12.8 Å². The van der Waals surface area contributed by atoms with Crippen molar-refractivity contribution >= 4 is 5.96 Å². The first-order chi connectivity index (χ1) is 8.09. The van der Waals surface area contributed by atoms with E-state index in [0.29, 0.717) is 11.9 Å². The van der Waals surface area contributed by atoms with E-state index in [-0.39, 0.29) is 0 Å². The largest absolute Gasteiger partial charge is 0.370 e. The van der Waals surface area contributed by atoms with Gasteiger partial charge in [-0.3, -0.25) is 4.99 Å². The van der Waals surface area contributed by atoms with Gasteiger partial charge in [0.25, 0.3) is 0 Å². The standard InChI is InChI=1S/C14H23N3/c1-11(2)10-17-14(15)16-9-8-13-7-5-4-6-12(13)3/h4-7,11H,8-10H2,1-3H3,(H3,15,16,17). The van der Waals surface area contributed by atoms with E-state index in [1.54, 1.807) is 0 Å². The van der Waals surface area contributed by atoms with Crippen LogP contribution in [0.4, 0.5) is 0 Å². The van der Waals surface area contributed by atoms with Crippen molar-refractivity contribution in [2.75, 3.05) is 13.1 Å². The Kier molecular flexibility index (Phi) is 5.53. The van der Waals surface area contributed by atoms with Crippen LogP contribution in [0.3, 0.4) is 0 Å². The number of guanidine groups is 1. The van der Waals surface area contributed by atoms with Gasteiger partial charge in [0.2, 0.25) is 0 Å². The molecule has 1 rings (SSSR count). The van der Waals surface area contributed by atoms with Crippen molar-refractivity contribution in [2.45, 2.75) is 27.2 Å². The smallest absolute Gasteiger partial charge is 0.188 e. The van der Waals surface area contributed by atoms with Crippen LogP contribution in [0.25, 0.3) is 0 Å². The van der Waals surface area contributed by atoms with E-state index < -0.39 is 0 Å². The molecule has 0 aliphatic carbocycles. The summed E-state index contributed by atoms with van der Waals surface area (Å²) in [6.07, 6.45) is 0.977. The highest BCUT2D eigenvalue weighted by Crippen LogP contribution is 2.06. The number of benzene rings is 1. The van der Waals surface area contributed by atoms with Gasteiger partial charge < -0.3 is 11.1 Å². The third-order valence-electron chi connectivity index (χ3n) is 2.59. The van der Waals surface area contributed by atoms with E-state index in [2.05, 4.69) is 55.3 Å². The van der Waals surface area contributed by atoms with E-state index in [9.17, 15) is 0 Å². The fourth-order valence-corrected chi connectivity index (χ4v) is 1.55. The second-order valence-electron chi connectivity index (χ2n) is 4.72. The topological polar surface area (TPSA) is 50.4 Å². The maximum atomic E-state index is 5.76. The molecule has 0 aliphatic heterocycles. The summed E-state index contributed by atoms with van der Waals surface area (Å²) in [6, 6.07) is 8.41. The summed E-state index contributed by atoms with van der Waals surface area (Å²) >= 11 is 0. The minimum absolute atomic E-state index is 0.548. The van der Waals surface area contributed by atoms with E-state index in [4.69, 9.17) is 5.73 Å². The predicted molar refractivity (Wildman–Crippen MR) is 74.2 cm³/mol. The molecular formula is C14H23N3. The molecule has 0 fully saturated rings. The highest BCUT2D eigenvalue weighted by molar-refractivity contribution is 5.77. The van der Waals surface area contributed by atoms with Crippen molar-refractivity contribution in [1.29, 1.82) is 0 Å². The molecule has 0 saturated carbocycles. The average molecular weight is 233 g/mol. The Balaban J connectivity index is 2.33. The summed E-state index contributed by atoms with van der Waals surface area (Å²) in [7, 11) is 0. The molecule has 3 heteroatoms. The maximum absolute atomic E-state index is 5.76. The molecule has 0 saturated heterocycles. The number of hydrogen-bond donors (Lipinski definition) is 2. The van der Waals surface area contributed by atoms with Crippen molar-refractivity contribution in [1.82, 2.24) is 5.32 Å². The van der Waals surface area contributed by atoms with Crippen molar-refractivity contribution in [3.63, 3.8) is 0 Å². The molecule has 94 valence electrons. The highest BCUT2D eigenvalue weighted by Gasteiger charge is 1.97.